The summed E-state index contributed by atoms with van der Waals surface area (Å²) < 4.78 is 6.83. The summed E-state index contributed by atoms with van der Waals surface area (Å²) in [7, 11) is 0. The minimum absolute atomic E-state index is 0.0182. The number of hydrogen-bond acceptors (Lipinski definition) is 7. The molecule has 1 unspecified atom stereocenters. The van der Waals surface area contributed by atoms with Crippen LogP contribution in [0.4, 0.5) is 11.4 Å². The van der Waals surface area contributed by atoms with Gasteiger partial charge in [-0.05, 0) is 52.0 Å². The molecule has 9 heteroatoms. The van der Waals surface area contributed by atoms with Gasteiger partial charge in [0.05, 0.1) is 15.0 Å². The molecular formula is C30H32BrN3O4S. The summed E-state index contributed by atoms with van der Waals surface area (Å²) in [5.41, 5.74) is 1.92. The minimum atomic E-state index is -0.710. The van der Waals surface area contributed by atoms with E-state index in [1.54, 1.807) is 29.3 Å². The third-order valence-electron chi connectivity index (χ3n) is 6.54. The number of thiazole rings is 1. The van der Waals surface area contributed by atoms with E-state index in [9.17, 15) is 14.7 Å². The number of Topliss-reactive ketones (excluding diaryl/α,β-unsaturated/α-hetero) is 1. The lowest BCUT2D eigenvalue weighted by Crippen LogP contribution is -2.41. The van der Waals surface area contributed by atoms with Crippen LogP contribution in [0.2, 0.25) is 0 Å². The molecule has 2 N–H and O–H groups in total. The van der Waals surface area contributed by atoms with Crippen molar-refractivity contribution in [3.05, 3.63) is 82.4 Å². The number of phenolic OH excluding ortho intramolecular Hbond substituents is 1. The molecule has 3 aromatic rings. The van der Waals surface area contributed by atoms with E-state index in [-0.39, 0.29) is 28.8 Å². The number of carbonyl (C=O) groups excluding carboxylic acids is 2. The SMILES string of the molecule is C=C.CC(C)C(=O)N1c2cccc(O)c2NC2=C(C(=O)CC(C)(C)C2)C1c1cnc(Oc2ccccc2Br)s1. The fraction of sp³-hybridized carbons (Fsp3) is 0.300. The third kappa shape index (κ3) is 5.65. The van der Waals surface area contributed by atoms with E-state index in [2.05, 4.69) is 53.2 Å². The minimum Gasteiger partial charge on any atom is -0.506 e. The first-order chi connectivity index (χ1) is 18.6. The highest BCUT2D eigenvalue weighted by molar-refractivity contribution is 9.10. The van der Waals surface area contributed by atoms with Crippen LogP contribution in [0, 0.1) is 11.3 Å². The van der Waals surface area contributed by atoms with E-state index in [0.717, 1.165) is 10.2 Å². The van der Waals surface area contributed by atoms with Crippen molar-refractivity contribution in [3.8, 4) is 16.7 Å². The molecule has 0 spiro atoms. The first kappa shape index (κ1) is 28.6. The van der Waals surface area contributed by atoms with Crippen LogP contribution in [0.3, 0.4) is 0 Å². The second kappa shape index (κ2) is 11.4. The average molecular weight is 611 g/mol. The number of amides is 1. The molecule has 1 aliphatic heterocycles. The number of carbonyl (C=O) groups is 2. The van der Waals surface area contributed by atoms with E-state index >= 15 is 0 Å². The van der Waals surface area contributed by atoms with Crippen LogP contribution in [0.5, 0.6) is 16.7 Å². The van der Waals surface area contributed by atoms with Crippen molar-refractivity contribution in [2.45, 2.75) is 46.6 Å². The molecule has 7 nitrogen and oxygen atoms in total. The van der Waals surface area contributed by atoms with Crippen molar-refractivity contribution in [1.29, 1.82) is 0 Å². The summed E-state index contributed by atoms with van der Waals surface area (Å²) >= 11 is 4.79. The van der Waals surface area contributed by atoms with Gasteiger partial charge < -0.3 is 15.2 Å². The molecule has 2 heterocycles. The van der Waals surface area contributed by atoms with Gasteiger partial charge in [0, 0.05) is 29.8 Å². The highest BCUT2D eigenvalue weighted by Gasteiger charge is 2.44. The lowest BCUT2D eigenvalue weighted by molar-refractivity contribution is -0.122. The smallest absolute Gasteiger partial charge is 0.279 e. The molecule has 2 aromatic carbocycles. The quantitative estimate of drug-likeness (QED) is 0.230. The molecule has 204 valence electrons. The van der Waals surface area contributed by atoms with Gasteiger partial charge in [0.2, 0.25) is 5.91 Å². The van der Waals surface area contributed by atoms with Gasteiger partial charge in [0.25, 0.3) is 5.19 Å². The Morgan fingerprint density at radius 2 is 1.92 bits per heavy atom. The lowest BCUT2D eigenvalue weighted by Gasteiger charge is -2.36. The number of rotatable bonds is 4. The van der Waals surface area contributed by atoms with Crippen LogP contribution in [0.15, 0.2) is 77.6 Å². The average Bonchev–Trinajstić information content (AvgIpc) is 3.28. The van der Waals surface area contributed by atoms with Crippen molar-refractivity contribution in [2.24, 2.45) is 11.3 Å². The Kier molecular flexibility index (Phi) is 8.32. The summed E-state index contributed by atoms with van der Waals surface area (Å²) in [6.07, 6.45) is 2.63. The second-order valence-electron chi connectivity index (χ2n) is 10.5. The predicted molar refractivity (Wildman–Crippen MR) is 159 cm³/mol. The normalized spacial score (nSPS) is 17.8. The van der Waals surface area contributed by atoms with E-state index < -0.39 is 6.04 Å². The zero-order valence-corrected chi connectivity index (χ0v) is 24.9. The molecule has 39 heavy (non-hydrogen) atoms. The number of anilines is 2. The van der Waals surface area contributed by atoms with Crippen LogP contribution in [-0.4, -0.2) is 21.8 Å². The number of ketones is 1. The Morgan fingerprint density at radius 3 is 2.62 bits per heavy atom. The molecule has 0 saturated heterocycles. The van der Waals surface area contributed by atoms with Crippen molar-refractivity contribution in [2.75, 3.05) is 10.2 Å². The number of fused-ring (bicyclic) bond motifs is 1. The fourth-order valence-electron chi connectivity index (χ4n) is 4.90. The summed E-state index contributed by atoms with van der Waals surface area (Å²) in [4.78, 5) is 34.4. The standard InChI is InChI=1S/C28H28BrN3O4S.C2H4/c1-15(2)26(35)32-18-9-7-10-19(33)24(18)31-17-12-28(3,4)13-20(34)23(17)25(32)22-14-30-27(37-22)36-21-11-6-5-8-16(21)29;1-2/h5-11,14-15,25,31,33H,12-13H2,1-4H3;1-2H2. The number of para-hydroxylation sites is 2. The number of allylic oxidation sites excluding steroid dienone is 1. The molecule has 1 aromatic heterocycles. The summed E-state index contributed by atoms with van der Waals surface area (Å²) in [5.74, 6) is 0.0984. The van der Waals surface area contributed by atoms with E-state index in [4.69, 9.17) is 4.74 Å². The van der Waals surface area contributed by atoms with Gasteiger partial charge in [-0.2, -0.15) is 0 Å². The number of hydrogen-bond donors (Lipinski definition) is 2. The molecule has 1 aliphatic carbocycles. The van der Waals surface area contributed by atoms with Crippen LogP contribution < -0.4 is 15.0 Å². The molecule has 1 atom stereocenters. The Balaban J connectivity index is 0.00000172. The highest BCUT2D eigenvalue weighted by Crippen LogP contribution is 2.51. The molecule has 2 aliphatic rings. The first-order valence-corrected chi connectivity index (χ1v) is 14.2. The number of halogens is 1. The molecule has 0 radical (unpaired) electrons. The third-order valence-corrected chi connectivity index (χ3v) is 8.13. The van der Waals surface area contributed by atoms with Gasteiger partial charge in [-0.3, -0.25) is 14.5 Å². The largest absolute Gasteiger partial charge is 0.506 e. The fourth-order valence-corrected chi connectivity index (χ4v) is 6.14. The maximum atomic E-state index is 13.8. The number of phenols is 1. The number of nitrogens with zero attached hydrogens (tertiary/aromatic N) is 2. The topological polar surface area (TPSA) is 91.8 Å². The highest BCUT2D eigenvalue weighted by atomic mass is 79.9. The second-order valence-corrected chi connectivity index (χ2v) is 12.3. The monoisotopic (exact) mass is 609 g/mol. The van der Waals surface area contributed by atoms with Gasteiger partial charge >= 0.3 is 0 Å². The van der Waals surface area contributed by atoms with Crippen LogP contribution in [0.25, 0.3) is 0 Å². The zero-order valence-electron chi connectivity index (χ0n) is 22.5. The van der Waals surface area contributed by atoms with E-state index in [1.165, 1.54) is 11.3 Å². The zero-order chi connectivity index (χ0) is 28.5. The summed E-state index contributed by atoms with van der Waals surface area (Å²) in [6.45, 7) is 13.8. The van der Waals surface area contributed by atoms with Gasteiger partial charge in [-0.25, -0.2) is 4.98 Å². The van der Waals surface area contributed by atoms with Gasteiger partial charge in [0.15, 0.2) is 5.78 Å². The van der Waals surface area contributed by atoms with Crippen LogP contribution >= 0.6 is 27.3 Å². The molecular weight excluding hydrogens is 578 g/mol. The number of benzene rings is 2. The summed E-state index contributed by atoms with van der Waals surface area (Å²) in [5, 5.41) is 14.6. The van der Waals surface area contributed by atoms with Crippen molar-refractivity contribution in [3.63, 3.8) is 0 Å². The maximum Gasteiger partial charge on any atom is 0.279 e. The Morgan fingerprint density at radius 1 is 1.21 bits per heavy atom. The van der Waals surface area contributed by atoms with E-state index in [0.29, 0.717) is 45.6 Å². The Labute approximate surface area is 241 Å². The molecule has 1 amide bonds. The molecule has 5 rings (SSSR count). The Hall–Kier alpha value is -3.43. The Bertz CT molecular complexity index is 1450. The van der Waals surface area contributed by atoms with Crippen LogP contribution in [0.1, 0.15) is 51.5 Å². The molecule has 0 fully saturated rings. The molecule has 0 saturated carbocycles. The first-order valence-electron chi connectivity index (χ1n) is 12.6. The number of aromatic nitrogens is 1. The number of ether oxygens (including phenoxy) is 1. The van der Waals surface area contributed by atoms with Crippen molar-refractivity contribution >= 4 is 50.3 Å². The number of aromatic hydroxyl groups is 1. The maximum absolute atomic E-state index is 13.8. The molecule has 0 bridgehead atoms. The van der Waals surface area contributed by atoms with Gasteiger partial charge in [-0.15, -0.1) is 13.2 Å². The van der Waals surface area contributed by atoms with Gasteiger partial charge in [-0.1, -0.05) is 57.2 Å². The number of nitrogens with one attached hydrogen (secondary N) is 1. The van der Waals surface area contributed by atoms with E-state index in [1.807, 2.05) is 38.1 Å². The van der Waals surface area contributed by atoms with Crippen molar-refractivity contribution < 1.29 is 19.4 Å². The van der Waals surface area contributed by atoms with Crippen LogP contribution in [-0.2, 0) is 9.59 Å². The lowest BCUT2D eigenvalue weighted by atomic mass is 9.74. The van der Waals surface area contributed by atoms with Gasteiger partial charge in [0.1, 0.15) is 23.2 Å². The van der Waals surface area contributed by atoms with Crippen molar-refractivity contribution in [1.82, 2.24) is 4.98 Å². The summed E-state index contributed by atoms with van der Waals surface area (Å²) in [6, 6.07) is 11.9. The predicted octanol–water partition coefficient (Wildman–Crippen LogP) is 8.00.